The average molecular weight is 261 g/mol. The number of thiophene rings is 1. The Morgan fingerprint density at radius 1 is 1.62 bits per heavy atom. The Morgan fingerprint density at radius 3 is 3.19 bits per heavy atom. The predicted molar refractivity (Wildman–Crippen MR) is 69.3 cm³/mol. The molecule has 1 aliphatic carbocycles. The van der Waals surface area contributed by atoms with E-state index in [1.165, 1.54) is 23.3 Å². The summed E-state index contributed by atoms with van der Waals surface area (Å²) in [6.45, 7) is 0.399. The number of carbonyl (C=O) groups is 1. The number of nitrogens with one attached hydrogen (secondary N) is 2. The van der Waals surface area contributed by atoms with Crippen molar-refractivity contribution in [2.45, 2.75) is 25.3 Å². The van der Waals surface area contributed by atoms with Gasteiger partial charge in [0.15, 0.2) is 0 Å². The lowest BCUT2D eigenvalue weighted by molar-refractivity contribution is -0.121. The quantitative estimate of drug-likeness (QED) is 0.871. The first kappa shape index (κ1) is 13.5. The number of halogens is 1. The van der Waals surface area contributed by atoms with Gasteiger partial charge in [-0.15, -0.1) is 23.7 Å². The minimum absolute atomic E-state index is 0. The highest BCUT2D eigenvalue weighted by Crippen LogP contribution is 2.32. The monoisotopic (exact) mass is 260 g/mol. The number of amides is 1. The summed E-state index contributed by atoms with van der Waals surface area (Å²) < 4.78 is 0. The molecular formula is C11H17ClN2OS. The van der Waals surface area contributed by atoms with Crippen LogP contribution in [0.3, 0.4) is 0 Å². The van der Waals surface area contributed by atoms with Crippen LogP contribution in [0.25, 0.3) is 0 Å². The maximum Gasteiger partial charge on any atom is 0.234 e. The van der Waals surface area contributed by atoms with Gasteiger partial charge >= 0.3 is 0 Å². The molecule has 90 valence electrons. The van der Waals surface area contributed by atoms with Gasteiger partial charge in [0, 0.05) is 4.88 Å². The fourth-order valence-corrected chi connectivity index (χ4v) is 3.03. The van der Waals surface area contributed by atoms with Gasteiger partial charge in [-0.25, -0.2) is 0 Å². The summed E-state index contributed by atoms with van der Waals surface area (Å²) in [6, 6.07) is 2.38. The van der Waals surface area contributed by atoms with E-state index in [4.69, 9.17) is 0 Å². The molecule has 1 atom stereocenters. The maximum atomic E-state index is 11.5. The molecule has 1 amide bonds. The lowest BCUT2D eigenvalue weighted by Gasteiger charge is -2.23. The topological polar surface area (TPSA) is 41.1 Å². The van der Waals surface area contributed by atoms with Gasteiger partial charge in [0.25, 0.3) is 0 Å². The van der Waals surface area contributed by atoms with Crippen molar-refractivity contribution in [2.24, 2.45) is 0 Å². The van der Waals surface area contributed by atoms with Crippen molar-refractivity contribution in [1.29, 1.82) is 0 Å². The molecule has 2 rings (SSSR count). The first-order valence-electron chi connectivity index (χ1n) is 5.31. The number of aryl methyl sites for hydroxylation is 1. The van der Waals surface area contributed by atoms with Gasteiger partial charge in [-0.05, 0) is 43.3 Å². The molecule has 0 fully saturated rings. The largest absolute Gasteiger partial charge is 0.348 e. The number of hydrogen-bond donors (Lipinski definition) is 2. The molecule has 0 aromatic carbocycles. The molecular weight excluding hydrogens is 244 g/mol. The van der Waals surface area contributed by atoms with Crippen LogP contribution in [0.5, 0.6) is 0 Å². The van der Waals surface area contributed by atoms with Crippen LogP contribution in [0.15, 0.2) is 11.4 Å². The molecule has 1 unspecified atom stereocenters. The molecule has 16 heavy (non-hydrogen) atoms. The molecule has 0 bridgehead atoms. The van der Waals surface area contributed by atoms with E-state index in [1.807, 2.05) is 0 Å². The second-order valence-corrected chi connectivity index (χ2v) is 4.84. The molecule has 1 aromatic heterocycles. The Morgan fingerprint density at radius 2 is 2.44 bits per heavy atom. The summed E-state index contributed by atoms with van der Waals surface area (Å²) >= 11 is 1.80. The van der Waals surface area contributed by atoms with Gasteiger partial charge in [-0.3, -0.25) is 4.79 Å². The summed E-state index contributed by atoms with van der Waals surface area (Å²) in [4.78, 5) is 12.9. The van der Waals surface area contributed by atoms with Gasteiger partial charge in [-0.2, -0.15) is 0 Å². The highest BCUT2D eigenvalue weighted by Gasteiger charge is 2.22. The average Bonchev–Trinajstić information content (AvgIpc) is 2.67. The van der Waals surface area contributed by atoms with Crippen LogP contribution in [0, 0.1) is 0 Å². The zero-order valence-corrected chi connectivity index (χ0v) is 10.9. The predicted octanol–water partition coefficient (Wildman–Crippen LogP) is 1.88. The Labute approximate surface area is 106 Å². The van der Waals surface area contributed by atoms with Crippen molar-refractivity contribution in [3.05, 3.63) is 21.9 Å². The van der Waals surface area contributed by atoms with E-state index in [9.17, 15) is 4.79 Å². The first-order chi connectivity index (χ1) is 7.31. The smallest absolute Gasteiger partial charge is 0.234 e. The van der Waals surface area contributed by atoms with Gasteiger partial charge in [0.2, 0.25) is 5.91 Å². The number of hydrogen-bond acceptors (Lipinski definition) is 3. The van der Waals surface area contributed by atoms with E-state index >= 15 is 0 Å². The molecule has 0 saturated carbocycles. The van der Waals surface area contributed by atoms with Crippen molar-refractivity contribution < 1.29 is 4.79 Å². The normalized spacial score (nSPS) is 18.4. The van der Waals surface area contributed by atoms with Crippen LogP contribution in [-0.4, -0.2) is 19.5 Å². The summed E-state index contributed by atoms with van der Waals surface area (Å²) in [7, 11) is 1.79. The summed E-state index contributed by atoms with van der Waals surface area (Å²) in [6.07, 6.45) is 3.42. The van der Waals surface area contributed by atoms with Crippen molar-refractivity contribution in [2.75, 3.05) is 13.6 Å². The zero-order chi connectivity index (χ0) is 10.7. The molecule has 0 aliphatic heterocycles. The molecule has 0 saturated heterocycles. The molecule has 1 heterocycles. The Bertz CT molecular complexity index is 354. The lowest BCUT2D eigenvalue weighted by Crippen LogP contribution is -2.36. The van der Waals surface area contributed by atoms with Crippen LogP contribution in [0.4, 0.5) is 0 Å². The van der Waals surface area contributed by atoms with Crippen LogP contribution in [0.1, 0.15) is 29.3 Å². The molecule has 0 spiro atoms. The number of rotatable bonds is 3. The summed E-state index contributed by atoms with van der Waals surface area (Å²) in [5.74, 6) is 0.0848. The van der Waals surface area contributed by atoms with Crippen molar-refractivity contribution in [3.8, 4) is 0 Å². The number of likely N-dealkylation sites (N-methyl/N-ethyl adjacent to an activating group) is 1. The Hall–Kier alpha value is -0.580. The number of fused-ring (bicyclic) bond motifs is 1. The molecule has 1 aromatic rings. The highest BCUT2D eigenvalue weighted by molar-refractivity contribution is 7.10. The SMILES string of the molecule is CNCC(=O)NC1CCCc2sccc21.Cl. The second kappa shape index (κ2) is 6.23. The molecule has 3 nitrogen and oxygen atoms in total. The minimum atomic E-state index is 0. The van der Waals surface area contributed by atoms with Gasteiger partial charge in [0.05, 0.1) is 12.6 Å². The van der Waals surface area contributed by atoms with Crippen LogP contribution < -0.4 is 10.6 Å². The van der Waals surface area contributed by atoms with Gasteiger partial charge < -0.3 is 10.6 Å². The summed E-state index contributed by atoms with van der Waals surface area (Å²) in [5.41, 5.74) is 1.33. The van der Waals surface area contributed by atoms with Gasteiger partial charge in [0.1, 0.15) is 0 Å². The van der Waals surface area contributed by atoms with E-state index in [2.05, 4.69) is 22.1 Å². The second-order valence-electron chi connectivity index (χ2n) is 3.84. The minimum Gasteiger partial charge on any atom is -0.348 e. The number of carbonyl (C=O) groups excluding carboxylic acids is 1. The molecule has 5 heteroatoms. The van der Waals surface area contributed by atoms with E-state index in [0.717, 1.165) is 6.42 Å². The Kier molecular flexibility index (Phi) is 5.25. The maximum absolute atomic E-state index is 11.5. The molecule has 0 radical (unpaired) electrons. The fraction of sp³-hybridized carbons (Fsp3) is 0.545. The van der Waals surface area contributed by atoms with E-state index in [-0.39, 0.29) is 24.4 Å². The third-order valence-corrected chi connectivity index (χ3v) is 3.72. The van der Waals surface area contributed by atoms with Crippen LogP contribution >= 0.6 is 23.7 Å². The van der Waals surface area contributed by atoms with Gasteiger partial charge in [-0.1, -0.05) is 0 Å². The third-order valence-electron chi connectivity index (χ3n) is 2.72. The zero-order valence-electron chi connectivity index (χ0n) is 9.29. The van der Waals surface area contributed by atoms with Crippen molar-refractivity contribution in [3.63, 3.8) is 0 Å². The highest BCUT2D eigenvalue weighted by atomic mass is 35.5. The van der Waals surface area contributed by atoms with E-state index in [1.54, 1.807) is 18.4 Å². The molecule has 2 N–H and O–H groups in total. The van der Waals surface area contributed by atoms with E-state index in [0.29, 0.717) is 6.54 Å². The van der Waals surface area contributed by atoms with Crippen LogP contribution in [0.2, 0.25) is 0 Å². The van der Waals surface area contributed by atoms with Crippen LogP contribution in [-0.2, 0) is 11.2 Å². The third kappa shape index (κ3) is 2.97. The Balaban J connectivity index is 0.00000128. The fourth-order valence-electron chi connectivity index (χ4n) is 2.04. The van der Waals surface area contributed by atoms with Crippen molar-refractivity contribution >= 4 is 29.7 Å². The lowest BCUT2D eigenvalue weighted by atomic mass is 9.94. The summed E-state index contributed by atoms with van der Waals surface area (Å²) in [5, 5.41) is 8.05. The van der Waals surface area contributed by atoms with E-state index < -0.39 is 0 Å². The molecule has 1 aliphatic rings. The first-order valence-corrected chi connectivity index (χ1v) is 6.19. The van der Waals surface area contributed by atoms with Crippen molar-refractivity contribution in [1.82, 2.24) is 10.6 Å². The standard InChI is InChI=1S/C11H16N2OS.ClH/c1-12-7-11(14)13-9-3-2-4-10-8(9)5-6-15-10;/h5-6,9,12H,2-4,7H2,1H3,(H,13,14);1H.